The lowest BCUT2D eigenvalue weighted by Crippen LogP contribution is -2.48. The molecule has 2 amide bonds. The average molecular weight is 355 g/mol. The smallest absolute Gasteiger partial charge is 0.319 e. The Balaban J connectivity index is 1.49. The maximum Gasteiger partial charge on any atom is 0.319 e. The zero-order chi connectivity index (χ0) is 18.1. The zero-order valence-corrected chi connectivity index (χ0v) is 15.1. The first-order valence-electron chi connectivity index (χ1n) is 9.33. The summed E-state index contributed by atoms with van der Waals surface area (Å²) in [6, 6.07) is 9.00. The number of carbonyl (C=O) groups excluding carboxylic acids is 1. The highest BCUT2D eigenvalue weighted by Crippen LogP contribution is 2.45. The Bertz CT molecular complexity index is 883. The fraction of sp³-hybridized carbons (Fsp3) is 0.500. The molecule has 1 spiro atoms. The fourth-order valence-corrected chi connectivity index (χ4v) is 4.51. The number of ether oxygens (including phenoxy) is 1. The van der Waals surface area contributed by atoms with Crippen LogP contribution in [0.15, 0.2) is 35.1 Å². The Hall–Kier alpha value is -2.34. The molecule has 1 unspecified atom stereocenters. The van der Waals surface area contributed by atoms with E-state index in [4.69, 9.17) is 4.74 Å². The van der Waals surface area contributed by atoms with Crippen molar-refractivity contribution in [3.05, 3.63) is 40.7 Å². The van der Waals surface area contributed by atoms with Crippen LogP contribution in [0, 0.1) is 5.41 Å². The van der Waals surface area contributed by atoms with Gasteiger partial charge in [0.1, 0.15) is 0 Å². The molecule has 1 aromatic carbocycles. The maximum atomic E-state index is 12.6. The van der Waals surface area contributed by atoms with Crippen LogP contribution in [0.4, 0.5) is 10.5 Å². The SMILES string of the molecule is Cn1c(=O)ccc2ccc(NC(=O)NC3CCCC34CCOCC4)cc21. The second-order valence-corrected chi connectivity index (χ2v) is 7.52. The number of rotatable bonds is 2. The monoisotopic (exact) mass is 355 g/mol. The summed E-state index contributed by atoms with van der Waals surface area (Å²) in [5, 5.41) is 7.09. The van der Waals surface area contributed by atoms with Gasteiger partial charge in [-0.25, -0.2) is 4.79 Å². The number of nitrogens with zero attached hydrogens (tertiary/aromatic N) is 1. The average Bonchev–Trinajstić information content (AvgIpc) is 3.00. The van der Waals surface area contributed by atoms with E-state index in [-0.39, 0.29) is 23.0 Å². The first-order chi connectivity index (χ1) is 12.6. The number of aromatic nitrogens is 1. The minimum atomic E-state index is -0.178. The van der Waals surface area contributed by atoms with E-state index in [1.54, 1.807) is 23.7 Å². The Morgan fingerprint density at radius 1 is 1.19 bits per heavy atom. The molecule has 1 aliphatic heterocycles. The number of hydrogen-bond donors (Lipinski definition) is 2. The summed E-state index contributed by atoms with van der Waals surface area (Å²) in [6.45, 7) is 1.58. The summed E-state index contributed by atoms with van der Waals surface area (Å²) in [7, 11) is 1.74. The molecule has 2 aliphatic rings. The molecule has 4 rings (SSSR count). The van der Waals surface area contributed by atoms with Gasteiger partial charge in [-0.05, 0) is 54.7 Å². The van der Waals surface area contributed by atoms with Crippen LogP contribution in [-0.4, -0.2) is 29.9 Å². The maximum absolute atomic E-state index is 12.6. The van der Waals surface area contributed by atoms with Crippen molar-refractivity contribution in [1.82, 2.24) is 9.88 Å². The van der Waals surface area contributed by atoms with E-state index in [9.17, 15) is 9.59 Å². The van der Waals surface area contributed by atoms with Crippen LogP contribution in [0.5, 0.6) is 0 Å². The molecule has 2 N–H and O–H groups in total. The van der Waals surface area contributed by atoms with Crippen molar-refractivity contribution >= 4 is 22.6 Å². The Kier molecular flexibility index (Phi) is 4.44. The summed E-state index contributed by atoms with van der Waals surface area (Å²) < 4.78 is 7.10. The highest BCUT2D eigenvalue weighted by molar-refractivity contribution is 5.92. The molecule has 6 nitrogen and oxygen atoms in total. The Morgan fingerprint density at radius 3 is 2.77 bits per heavy atom. The van der Waals surface area contributed by atoms with Crippen molar-refractivity contribution in [2.75, 3.05) is 18.5 Å². The molecule has 0 bridgehead atoms. The molecule has 138 valence electrons. The molecular weight excluding hydrogens is 330 g/mol. The van der Waals surface area contributed by atoms with Crippen LogP contribution in [0.25, 0.3) is 10.9 Å². The van der Waals surface area contributed by atoms with Gasteiger partial charge in [0.05, 0.1) is 5.52 Å². The van der Waals surface area contributed by atoms with Crippen LogP contribution >= 0.6 is 0 Å². The van der Waals surface area contributed by atoms with Crippen molar-refractivity contribution in [3.8, 4) is 0 Å². The van der Waals surface area contributed by atoms with E-state index >= 15 is 0 Å². The quantitative estimate of drug-likeness (QED) is 0.870. The largest absolute Gasteiger partial charge is 0.381 e. The number of benzene rings is 1. The van der Waals surface area contributed by atoms with E-state index in [2.05, 4.69) is 10.6 Å². The van der Waals surface area contributed by atoms with Crippen molar-refractivity contribution < 1.29 is 9.53 Å². The van der Waals surface area contributed by atoms with Gasteiger partial charge >= 0.3 is 6.03 Å². The number of aryl methyl sites for hydroxylation is 1. The molecule has 2 fully saturated rings. The summed E-state index contributed by atoms with van der Waals surface area (Å²) in [5.41, 5.74) is 1.63. The van der Waals surface area contributed by atoms with E-state index < -0.39 is 0 Å². The first kappa shape index (κ1) is 17.1. The van der Waals surface area contributed by atoms with Gasteiger partial charge in [-0.1, -0.05) is 12.5 Å². The lowest BCUT2D eigenvalue weighted by Gasteiger charge is -2.39. The van der Waals surface area contributed by atoms with E-state index in [1.807, 2.05) is 18.2 Å². The van der Waals surface area contributed by atoms with Crippen molar-refractivity contribution in [3.63, 3.8) is 0 Å². The van der Waals surface area contributed by atoms with Crippen LogP contribution < -0.4 is 16.2 Å². The number of fused-ring (bicyclic) bond motifs is 1. The van der Waals surface area contributed by atoms with E-state index in [0.717, 1.165) is 49.8 Å². The minimum Gasteiger partial charge on any atom is -0.381 e. The number of hydrogen-bond acceptors (Lipinski definition) is 3. The Labute approximate surface area is 152 Å². The normalized spacial score (nSPS) is 21.8. The zero-order valence-electron chi connectivity index (χ0n) is 15.1. The Morgan fingerprint density at radius 2 is 1.96 bits per heavy atom. The van der Waals surface area contributed by atoms with Crippen LogP contribution in [-0.2, 0) is 11.8 Å². The van der Waals surface area contributed by atoms with Gasteiger partial charge in [-0.15, -0.1) is 0 Å². The standard InChI is InChI=1S/C20H25N3O3/c1-23-16-13-15(6-4-14(16)5-7-18(23)24)21-19(25)22-17-3-2-8-20(17)9-11-26-12-10-20/h4-7,13,17H,2-3,8-12H2,1H3,(H2,21,22,25). The second-order valence-electron chi connectivity index (χ2n) is 7.52. The molecule has 1 atom stereocenters. The van der Waals surface area contributed by atoms with Gasteiger partial charge in [0.2, 0.25) is 0 Å². The molecule has 1 saturated heterocycles. The van der Waals surface area contributed by atoms with Crippen molar-refractivity contribution in [2.24, 2.45) is 12.5 Å². The summed E-state index contributed by atoms with van der Waals surface area (Å²) >= 11 is 0. The molecule has 1 aromatic heterocycles. The molecule has 1 saturated carbocycles. The lowest BCUT2D eigenvalue weighted by atomic mass is 9.75. The molecule has 2 aromatic rings. The summed E-state index contributed by atoms with van der Waals surface area (Å²) in [6.07, 6.45) is 5.40. The molecule has 26 heavy (non-hydrogen) atoms. The lowest BCUT2D eigenvalue weighted by molar-refractivity contribution is 0.00652. The van der Waals surface area contributed by atoms with Crippen molar-refractivity contribution in [1.29, 1.82) is 0 Å². The number of urea groups is 1. The number of carbonyl (C=O) groups is 1. The van der Waals surface area contributed by atoms with Crippen LogP contribution in [0.3, 0.4) is 0 Å². The van der Waals surface area contributed by atoms with E-state index in [0.29, 0.717) is 5.69 Å². The highest BCUT2D eigenvalue weighted by Gasteiger charge is 2.44. The number of anilines is 1. The molecule has 6 heteroatoms. The van der Waals surface area contributed by atoms with Gasteiger partial charge in [-0.3, -0.25) is 4.79 Å². The highest BCUT2D eigenvalue weighted by atomic mass is 16.5. The van der Waals surface area contributed by atoms with Gasteiger partial charge < -0.3 is 19.9 Å². The van der Waals surface area contributed by atoms with Gasteiger partial charge in [-0.2, -0.15) is 0 Å². The first-order valence-corrected chi connectivity index (χ1v) is 9.33. The summed E-state index contributed by atoms with van der Waals surface area (Å²) in [5.74, 6) is 0. The fourth-order valence-electron chi connectivity index (χ4n) is 4.51. The molecule has 0 radical (unpaired) electrons. The third-order valence-electron chi connectivity index (χ3n) is 6.09. The van der Waals surface area contributed by atoms with Gasteiger partial charge in [0.25, 0.3) is 5.56 Å². The number of pyridine rings is 1. The van der Waals surface area contributed by atoms with Gasteiger partial charge in [0.15, 0.2) is 0 Å². The molecule has 1 aliphatic carbocycles. The third-order valence-corrected chi connectivity index (χ3v) is 6.09. The third kappa shape index (κ3) is 3.09. The second kappa shape index (κ2) is 6.76. The van der Waals surface area contributed by atoms with Crippen molar-refractivity contribution in [2.45, 2.75) is 38.1 Å². The summed E-state index contributed by atoms with van der Waals surface area (Å²) in [4.78, 5) is 24.4. The van der Waals surface area contributed by atoms with Crippen LogP contribution in [0.2, 0.25) is 0 Å². The molecular formula is C20H25N3O3. The number of nitrogens with one attached hydrogen (secondary N) is 2. The molecule has 2 heterocycles. The van der Waals surface area contributed by atoms with E-state index in [1.165, 1.54) is 6.42 Å². The van der Waals surface area contributed by atoms with Crippen LogP contribution in [0.1, 0.15) is 32.1 Å². The predicted molar refractivity (Wildman–Crippen MR) is 101 cm³/mol. The number of amides is 2. The minimum absolute atomic E-state index is 0.0634. The van der Waals surface area contributed by atoms with Gasteiger partial charge in [0, 0.05) is 38.1 Å². The predicted octanol–water partition coefficient (Wildman–Crippen LogP) is 3.01. The topological polar surface area (TPSA) is 72.4 Å².